The van der Waals surface area contributed by atoms with Crippen LogP contribution in [0.15, 0.2) is 24.5 Å². The zero-order chi connectivity index (χ0) is 9.90. The molecule has 0 aromatic carbocycles. The first-order valence-corrected chi connectivity index (χ1v) is 4.99. The third-order valence-corrected chi connectivity index (χ3v) is 2.30. The summed E-state index contributed by atoms with van der Waals surface area (Å²) in [5, 5.41) is 8.91. The van der Waals surface area contributed by atoms with E-state index in [-0.39, 0.29) is 36.0 Å². The maximum Gasteiger partial charge on any atom is 1.00 e. The molecular weight excluding hydrogens is 217 g/mol. The number of hydrogen-bond donors (Lipinski definition) is 1. The van der Waals surface area contributed by atoms with Gasteiger partial charge in [-0.15, -0.1) is 0 Å². The minimum atomic E-state index is -4.62. The van der Waals surface area contributed by atoms with Crippen LogP contribution in [0.5, 0.6) is 0 Å². The van der Waals surface area contributed by atoms with Crippen LogP contribution in [0.4, 0.5) is 0 Å². The predicted octanol–water partition coefficient (Wildman–Crippen LogP) is -3.51. The van der Waals surface area contributed by atoms with Gasteiger partial charge in [0.15, 0.2) is 0 Å². The van der Waals surface area contributed by atoms with Crippen molar-refractivity contribution in [3.05, 3.63) is 30.1 Å². The molecule has 0 fully saturated rings. The summed E-state index contributed by atoms with van der Waals surface area (Å²) >= 11 is 0. The van der Waals surface area contributed by atoms with Crippen molar-refractivity contribution in [1.82, 2.24) is 4.98 Å². The van der Waals surface area contributed by atoms with Crippen molar-refractivity contribution >= 4 is 10.1 Å². The van der Waals surface area contributed by atoms with Gasteiger partial charge in [-0.3, -0.25) is 4.98 Å². The standard InChI is InChI=1S/C7H9NO4S.Na/c9-7(13(10,11)12)4-6-2-1-3-8-5-6;/h1-3,5,7,9H,4H2,(H,10,11,12);/q;+1/p-1. The van der Waals surface area contributed by atoms with Gasteiger partial charge in [0.05, 0.1) is 0 Å². The SMILES string of the molecule is O=S(=O)([O-])C(O)Cc1cccnc1.[Na+]. The molecule has 0 radical (unpaired) electrons. The zero-order valence-corrected chi connectivity index (χ0v) is 10.4. The number of nitrogens with zero attached hydrogens (tertiary/aromatic N) is 1. The van der Waals surface area contributed by atoms with Crippen molar-refractivity contribution in [3.63, 3.8) is 0 Å². The maximum atomic E-state index is 10.3. The minimum absolute atomic E-state index is 0. The van der Waals surface area contributed by atoms with Gasteiger partial charge in [-0.1, -0.05) is 6.07 Å². The normalized spacial score (nSPS) is 13.0. The molecule has 0 spiro atoms. The van der Waals surface area contributed by atoms with Crippen molar-refractivity contribution in [2.45, 2.75) is 11.9 Å². The molecule has 72 valence electrons. The molecule has 7 heteroatoms. The molecule has 1 aromatic heterocycles. The molecule has 1 N–H and O–H groups in total. The molecule has 1 unspecified atom stereocenters. The van der Waals surface area contributed by atoms with Crippen LogP contribution in [0.2, 0.25) is 0 Å². The van der Waals surface area contributed by atoms with Crippen LogP contribution in [0, 0.1) is 0 Å². The first kappa shape index (κ1) is 14.0. The fourth-order valence-corrected chi connectivity index (χ4v) is 1.22. The molecule has 0 amide bonds. The number of hydrogen-bond acceptors (Lipinski definition) is 5. The monoisotopic (exact) mass is 225 g/mol. The van der Waals surface area contributed by atoms with Gasteiger partial charge in [-0.2, -0.15) is 0 Å². The van der Waals surface area contributed by atoms with Crippen molar-refractivity contribution in [1.29, 1.82) is 0 Å². The number of aliphatic hydroxyl groups excluding tert-OH is 1. The van der Waals surface area contributed by atoms with E-state index in [4.69, 9.17) is 5.11 Å². The molecule has 0 aliphatic carbocycles. The summed E-state index contributed by atoms with van der Waals surface area (Å²) in [5.41, 5.74) is -1.38. The van der Waals surface area contributed by atoms with Crippen LogP contribution in [0.3, 0.4) is 0 Å². The largest absolute Gasteiger partial charge is 1.00 e. The summed E-state index contributed by atoms with van der Waals surface area (Å²) in [4.78, 5) is 3.71. The summed E-state index contributed by atoms with van der Waals surface area (Å²) in [5.74, 6) is 0. The Hall–Kier alpha value is 0.0200. The summed E-state index contributed by atoms with van der Waals surface area (Å²) in [6.45, 7) is 0. The molecule has 0 saturated carbocycles. The van der Waals surface area contributed by atoms with E-state index in [9.17, 15) is 13.0 Å². The van der Waals surface area contributed by atoms with E-state index in [1.807, 2.05) is 0 Å². The molecular formula is C7H8NNaO4S. The Labute approximate surface area is 104 Å². The predicted molar refractivity (Wildman–Crippen MR) is 43.6 cm³/mol. The summed E-state index contributed by atoms with van der Waals surface area (Å²) in [7, 11) is -4.62. The average Bonchev–Trinajstić information content (AvgIpc) is 2.04. The van der Waals surface area contributed by atoms with Crippen molar-refractivity contribution < 1.29 is 47.6 Å². The van der Waals surface area contributed by atoms with Crippen LogP contribution in [0.25, 0.3) is 0 Å². The first-order chi connectivity index (χ1) is 6.00. The van der Waals surface area contributed by atoms with Crippen LogP contribution < -0.4 is 29.6 Å². The fourth-order valence-electron chi connectivity index (χ4n) is 0.823. The number of pyridine rings is 1. The molecule has 0 aliphatic rings. The Morgan fingerprint density at radius 2 is 2.21 bits per heavy atom. The van der Waals surface area contributed by atoms with Crippen molar-refractivity contribution in [2.24, 2.45) is 0 Å². The van der Waals surface area contributed by atoms with Gasteiger partial charge in [0.25, 0.3) is 0 Å². The molecule has 14 heavy (non-hydrogen) atoms. The topological polar surface area (TPSA) is 90.3 Å². The Morgan fingerprint density at radius 3 is 2.64 bits per heavy atom. The molecule has 1 heterocycles. The van der Waals surface area contributed by atoms with Gasteiger partial charge in [-0.25, -0.2) is 8.42 Å². The van der Waals surface area contributed by atoms with Gasteiger partial charge in [0.2, 0.25) is 0 Å². The Balaban J connectivity index is 0.00000169. The molecule has 0 saturated heterocycles. The number of aromatic nitrogens is 1. The van der Waals surface area contributed by atoms with Gasteiger partial charge in [0.1, 0.15) is 15.6 Å². The summed E-state index contributed by atoms with van der Waals surface area (Å²) in [6.07, 6.45) is 2.69. The summed E-state index contributed by atoms with van der Waals surface area (Å²) in [6, 6.07) is 3.18. The fraction of sp³-hybridized carbons (Fsp3) is 0.286. The van der Waals surface area contributed by atoms with Gasteiger partial charge < -0.3 is 9.66 Å². The number of aliphatic hydroxyl groups is 1. The number of rotatable bonds is 3. The molecule has 0 aliphatic heterocycles. The Bertz CT molecular complexity index is 367. The Kier molecular flexibility index (Phi) is 5.80. The van der Waals surface area contributed by atoms with E-state index in [0.29, 0.717) is 5.56 Å². The van der Waals surface area contributed by atoms with Crippen LogP contribution in [0.1, 0.15) is 5.56 Å². The second kappa shape index (κ2) is 5.79. The average molecular weight is 225 g/mol. The van der Waals surface area contributed by atoms with Crippen LogP contribution in [-0.2, 0) is 16.5 Å². The van der Waals surface area contributed by atoms with Crippen molar-refractivity contribution in [2.75, 3.05) is 0 Å². The third-order valence-electron chi connectivity index (χ3n) is 1.47. The molecule has 5 nitrogen and oxygen atoms in total. The van der Waals surface area contributed by atoms with E-state index in [1.54, 1.807) is 12.1 Å². The van der Waals surface area contributed by atoms with Crippen LogP contribution >= 0.6 is 0 Å². The molecule has 0 bridgehead atoms. The van der Waals surface area contributed by atoms with Crippen LogP contribution in [-0.4, -0.2) is 28.5 Å². The van der Waals surface area contributed by atoms with Crippen molar-refractivity contribution in [3.8, 4) is 0 Å². The minimum Gasteiger partial charge on any atom is -0.746 e. The van der Waals surface area contributed by atoms with E-state index < -0.39 is 15.6 Å². The first-order valence-electron chi connectivity index (χ1n) is 3.52. The zero-order valence-electron chi connectivity index (χ0n) is 7.62. The van der Waals surface area contributed by atoms with E-state index in [0.717, 1.165) is 0 Å². The quantitative estimate of drug-likeness (QED) is 0.425. The molecule has 1 aromatic rings. The smallest absolute Gasteiger partial charge is 0.746 e. The second-order valence-electron chi connectivity index (χ2n) is 2.51. The maximum absolute atomic E-state index is 10.3. The van der Waals surface area contributed by atoms with E-state index >= 15 is 0 Å². The van der Waals surface area contributed by atoms with E-state index in [2.05, 4.69) is 4.98 Å². The summed E-state index contributed by atoms with van der Waals surface area (Å²) < 4.78 is 30.9. The second-order valence-corrected chi connectivity index (χ2v) is 4.04. The van der Waals surface area contributed by atoms with Gasteiger partial charge in [-0.05, 0) is 11.6 Å². The van der Waals surface area contributed by atoms with Gasteiger partial charge in [0, 0.05) is 18.8 Å². The molecule has 1 atom stereocenters. The van der Waals surface area contributed by atoms with E-state index in [1.165, 1.54) is 12.4 Å². The van der Waals surface area contributed by atoms with Gasteiger partial charge >= 0.3 is 29.6 Å². The third kappa shape index (κ3) is 4.50. The molecule has 1 rings (SSSR count). The Morgan fingerprint density at radius 1 is 1.57 bits per heavy atom.